The van der Waals surface area contributed by atoms with Crippen LogP contribution < -0.4 is 4.90 Å². The molecule has 0 spiro atoms. The fraction of sp³-hybridized carbons (Fsp3) is 0.435. The van der Waals surface area contributed by atoms with E-state index in [1.54, 1.807) is 6.07 Å². The molecule has 1 aliphatic heterocycles. The fourth-order valence-corrected chi connectivity index (χ4v) is 4.86. The van der Waals surface area contributed by atoms with Gasteiger partial charge in [0.15, 0.2) is 5.82 Å². The zero-order chi connectivity index (χ0) is 20.3. The molecule has 2 heterocycles. The summed E-state index contributed by atoms with van der Waals surface area (Å²) in [7, 11) is 0. The number of hydrogen-bond donors (Lipinski definition) is 0. The summed E-state index contributed by atoms with van der Waals surface area (Å²) in [5.74, 6) is 0.564. The molecule has 0 amide bonds. The molecule has 1 aromatic heterocycles. The SMILES string of the molecule is Fc1ccccc1C(c1nnnn1C1CCCC1)N1CCN(c2ccccc2)CC1. The van der Waals surface area contributed by atoms with Crippen LogP contribution in [-0.2, 0) is 0 Å². The van der Waals surface area contributed by atoms with Crippen LogP contribution in [0.25, 0.3) is 0 Å². The lowest BCUT2D eigenvalue weighted by atomic mass is 10.0. The minimum absolute atomic E-state index is 0.200. The van der Waals surface area contributed by atoms with Crippen LogP contribution in [0.3, 0.4) is 0 Å². The van der Waals surface area contributed by atoms with Crippen LogP contribution in [0.5, 0.6) is 0 Å². The summed E-state index contributed by atoms with van der Waals surface area (Å²) in [6, 6.07) is 17.5. The number of hydrogen-bond acceptors (Lipinski definition) is 5. The maximum Gasteiger partial charge on any atom is 0.173 e. The lowest BCUT2D eigenvalue weighted by Gasteiger charge is -2.40. The molecule has 156 valence electrons. The van der Waals surface area contributed by atoms with Gasteiger partial charge in [-0.2, -0.15) is 0 Å². The van der Waals surface area contributed by atoms with E-state index < -0.39 is 0 Å². The van der Waals surface area contributed by atoms with Crippen molar-refractivity contribution in [2.75, 3.05) is 31.1 Å². The van der Waals surface area contributed by atoms with E-state index >= 15 is 0 Å². The van der Waals surface area contributed by atoms with Crippen molar-refractivity contribution in [3.05, 3.63) is 71.8 Å². The first-order valence-electron chi connectivity index (χ1n) is 10.9. The van der Waals surface area contributed by atoms with Gasteiger partial charge in [-0.1, -0.05) is 49.2 Å². The second-order valence-electron chi connectivity index (χ2n) is 8.20. The summed E-state index contributed by atoms with van der Waals surface area (Å²) < 4.78 is 16.9. The van der Waals surface area contributed by atoms with Gasteiger partial charge in [0.25, 0.3) is 0 Å². The van der Waals surface area contributed by atoms with E-state index in [0.29, 0.717) is 11.6 Å². The van der Waals surface area contributed by atoms with Gasteiger partial charge < -0.3 is 4.90 Å². The van der Waals surface area contributed by atoms with Crippen LogP contribution in [0, 0.1) is 5.82 Å². The van der Waals surface area contributed by atoms with Crippen molar-refractivity contribution < 1.29 is 4.39 Å². The maximum absolute atomic E-state index is 14.9. The van der Waals surface area contributed by atoms with Gasteiger partial charge >= 0.3 is 0 Å². The molecule has 1 saturated carbocycles. The Morgan fingerprint density at radius 1 is 0.867 bits per heavy atom. The molecule has 1 unspecified atom stereocenters. The third kappa shape index (κ3) is 3.69. The quantitative estimate of drug-likeness (QED) is 0.644. The summed E-state index contributed by atoms with van der Waals surface area (Å²) in [5, 5.41) is 12.7. The lowest BCUT2D eigenvalue weighted by molar-refractivity contribution is 0.194. The van der Waals surface area contributed by atoms with E-state index in [4.69, 9.17) is 0 Å². The molecule has 30 heavy (non-hydrogen) atoms. The molecule has 1 aliphatic carbocycles. The van der Waals surface area contributed by atoms with E-state index in [2.05, 4.69) is 49.6 Å². The fourth-order valence-electron chi connectivity index (χ4n) is 4.86. The Morgan fingerprint density at radius 2 is 1.57 bits per heavy atom. The summed E-state index contributed by atoms with van der Waals surface area (Å²) in [5.41, 5.74) is 1.88. The van der Waals surface area contributed by atoms with Crippen molar-refractivity contribution in [2.24, 2.45) is 0 Å². The first kappa shape index (κ1) is 19.2. The highest BCUT2D eigenvalue weighted by atomic mass is 19.1. The van der Waals surface area contributed by atoms with Gasteiger partial charge in [-0.15, -0.1) is 5.10 Å². The lowest BCUT2D eigenvalue weighted by Crippen LogP contribution is -2.48. The highest BCUT2D eigenvalue weighted by molar-refractivity contribution is 5.46. The molecule has 0 bridgehead atoms. The van der Waals surface area contributed by atoms with E-state index in [-0.39, 0.29) is 11.9 Å². The molecule has 5 rings (SSSR count). The highest BCUT2D eigenvalue weighted by Crippen LogP contribution is 2.35. The number of nitrogens with zero attached hydrogens (tertiary/aromatic N) is 6. The van der Waals surface area contributed by atoms with E-state index in [1.807, 2.05) is 22.9 Å². The van der Waals surface area contributed by atoms with Gasteiger partial charge in [0.05, 0.1) is 6.04 Å². The number of rotatable bonds is 5. The topological polar surface area (TPSA) is 50.1 Å². The average molecular weight is 407 g/mol. The molecule has 0 N–H and O–H groups in total. The van der Waals surface area contributed by atoms with Gasteiger partial charge in [0.1, 0.15) is 11.9 Å². The van der Waals surface area contributed by atoms with Crippen LogP contribution in [0.1, 0.15) is 49.2 Å². The van der Waals surface area contributed by atoms with Crippen LogP contribution in [0.2, 0.25) is 0 Å². The summed E-state index contributed by atoms with van der Waals surface area (Å²) >= 11 is 0. The molecule has 2 aliphatic rings. The third-order valence-corrected chi connectivity index (χ3v) is 6.43. The summed E-state index contributed by atoms with van der Waals surface area (Å²) in [6.07, 6.45) is 4.57. The Bertz CT molecular complexity index is 961. The number of piperazine rings is 1. The predicted octanol–water partition coefficient (Wildman–Crippen LogP) is 3.84. The first-order valence-corrected chi connectivity index (χ1v) is 10.9. The van der Waals surface area contributed by atoms with Crippen molar-refractivity contribution in [1.82, 2.24) is 25.1 Å². The van der Waals surface area contributed by atoms with Crippen molar-refractivity contribution in [2.45, 2.75) is 37.8 Å². The molecule has 2 aromatic carbocycles. The van der Waals surface area contributed by atoms with E-state index in [0.717, 1.165) is 44.8 Å². The number of para-hydroxylation sites is 1. The largest absolute Gasteiger partial charge is 0.369 e. The molecular formula is C23H27FN6. The predicted molar refractivity (Wildman–Crippen MR) is 114 cm³/mol. The van der Waals surface area contributed by atoms with Crippen molar-refractivity contribution >= 4 is 5.69 Å². The third-order valence-electron chi connectivity index (χ3n) is 6.43. The molecular weight excluding hydrogens is 379 g/mol. The Kier molecular flexibility index (Phi) is 5.45. The minimum atomic E-state index is -0.278. The van der Waals surface area contributed by atoms with Gasteiger partial charge in [0.2, 0.25) is 0 Å². The molecule has 1 atom stereocenters. The zero-order valence-corrected chi connectivity index (χ0v) is 17.1. The minimum Gasteiger partial charge on any atom is -0.369 e. The molecule has 7 heteroatoms. The van der Waals surface area contributed by atoms with Crippen molar-refractivity contribution in [3.8, 4) is 0 Å². The number of benzene rings is 2. The first-order chi connectivity index (χ1) is 14.8. The molecule has 0 radical (unpaired) electrons. The maximum atomic E-state index is 14.9. The molecule has 6 nitrogen and oxygen atoms in total. The number of tetrazole rings is 1. The molecule has 3 aromatic rings. The summed E-state index contributed by atoms with van der Waals surface area (Å²) in [4.78, 5) is 4.71. The van der Waals surface area contributed by atoms with Crippen LogP contribution >= 0.6 is 0 Å². The zero-order valence-electron chi connectivity index (χ0n) is 17.1. The molecule has 2 fully saturated rings. The van der Waals surface area contributed by atoms with Gasteiger partial charge in [-0.05, 0) is 41.5 Å². The Morgan fingerprint density at radius 3 is 2.30 bits per heavy atom. The normalized spacial score (nSPS) is 19.3. The van der Waals surface area contributed by atoms with Gasteiger partial charge in [-0.25, -0.2) is 9.07 Å². The summed E-state index contributed by atoms with van der Waals surface area (Å²) in [6.45, 7) is 3.43. The average Bonchev–Trinajstić information content (AvgIpc) is 3.48. The number of aromatic nitrogens is 4. The second kappa shape index (κ2) is 8.52. The van der Waals surface area contributed by atoms with Gasteiger partial charge in [0, 0.05) is 37.4 Å². The Labute approximate surface area is 176 Å². The van der Waals surface area contributed by atoms with Crippen LogP contribution in [0.15, 0.2) is 54.6 Å². The van der Waals surface area contributed by atoms with Crippen LogP contribution in [-0.4, -0.2) is 51.3 Å². The second-order valence-corrected chi connectivity index (χ2v) is 8.20. The standard InChI is InChI=1S/C23H27FN6/c24-21-13-7-6-12-20(21)22(23-25-26-27-30(23)19-10-4-5-11-19)29-16-14-28(15-17-29)18-8-2-1-3-9-18/h1-3,6-9,12-13,19,22H,4-5,10-11,14-17H2. The van der Waals surface area contributed by atoms with Crippen molar-refractivity contribution in [1.29, 1.82) is 0 Å². The van der Waals surface area contributed by atoms with Crippen LogP contribution in [0.4, 0.5) is 10.1 Å². The number of anilines is 1. The van der Waals surface area contributed by atoms with E-state index in [1.165, 1.54) is 24.6 Å². The highest BCUT2D eigenvalue weighted by Gasteiger charge is 2.34. The Hall–Kier alpha value is -2.80. The Balaban J connectivity index is 1.45. The molecule has 1 saturated heterocycles. The monoisotopic (exact) mass is 406 g/mol. The number of halogens is 1. The van der Waals surface area contributed by atoms with Gasteiger partial charge in [-0.3, -0.25) is 4.90 Å². The van der Waals surface area contributed by atoms with Crippen molar-refractivity contribution in [3.63, 3.8) is 0 Å². The van der Waals surface area contributed by atoms with E-state index in [9.17, 15) is 4.39 Å². The smallest absolute Gasteiger partial charge is 0.173 e.